The van der Waals surface area contributed by atoms with Crippen LogP contribution in [0.15, 0.2) is 54.6 Å². The molecule has 0 aliphatic carbocycles. The maximum atomic E-state index is 13.8. The third-order valence-electron chi connectivity index (χ3n) is 9.07. The van der Waals surface area contributed by atoms with Gasteiger partial charge in [-0.15, -0.1) is 0 Å². The van der Waals surface area contributed by atoms with Crippen molar-refractivity contribution in [2.45, 2.75) is 89.6 Å². The summed E-state index contributed by atoms with van der Waals surface area (Å²) in [7, 11) is 0. The number of primary amides is 1. The van der Waals surface area contributed by atoms with E-state index in [9.17, 15) is 53.7 Å². The molecule has 0 saturated heterocycles. The van der Waals surface area contributed by atoms with E-state index >= 15 is 0 Å². The number of aliphatic hydroxyl groups is 1. The van der Waals surface area contributed by atoms with Crippen LogP contribution in [-0.4, -0.2) is 112 Å². The molecule has 2 rings (SSSR count). The number of phenolic OH excluding ortho intramolecular Hbond substituents is 1. The van der Waals surface area contributed by atoms with E-state index in [1.54, 1.807) is 56.3 Å². The molecule has 2 aromatic carbocycles. The highest BCUT2D eigenvalue weighted by Gasteiger charge is 2.46. The van der Waals surface area contributed by atoms with Crippen LogP contribution < -0.4 is 43.4 Å². The zero-order valence-corrected chi connectivity index (χ0v) is 32.5. The van der Waals surface area contributed by atoms with Crippen LogP contribution in [0.2, 0.25) is 0 Å². The average molecular weight is 799 g/mol. The Morgan fingerprint density at radius 2 is 1.28 bits per heavy atom. The van der Waals surface area contributed by atoms with Gasteiger partial charge in [0.05, 0.1) is 25.6 Å². The summed E-state index contributed by atoms with van der Waals surface area (Å²) in [6.45, 7) is 5.96. The number of rotatable bonds is 22. The molecule has 19 nitrogen and oxygen atoms in total. The van der Waals surface area contributed by atoms with Crippen molar-refractivity contribution in [2.24, 2.45) is 23.3 Å². The third-order valence-corrected chi connectivity index (χ3v) is 9.07. The summed E-state index contributed by atoms with van der Waals surface area (Å²) < 4.78 is 0. The number of nitrogens with two attached hydrogens (primary N) is 2. The minimum atomic E-state index is -2.15. The number of aromatic hydroxyl groups is 1. The van der Waals surface area contributed by atoms with Crippen molar-refractivity contribution in [3.63, 3.8) is 0 Å². The van der Waals surface area contributed by atoms with Crippen molar-refractivity contribution in [2.75, 3.05) is 13.2 Å². The number of nitrogens with one attached hydrogen (secondary N) is 6. The Balaban J connectivity index is 2.32. The second-order valence-corrected chi connectivity index (χ2v) is 14.3. The predicted octanol–water partition coefficient (Wildman–Crippen LogP) is -2.30. The molecule has 2 aromatic rings. The first-order valence-electron chi connectivity index (χ1n) is 18.2. The van der Waals surface area contributed by atoms with E-state index in [-0.39, 0.29) is 18.6 Å². The van der Waals surface area contributed by atoms with Gasteiger partial charge < -0.3 is 58.7 Å². The molecule has 57 heavy (non-hydrogen) atoms. The Bertz CT molecular complexity index is 1740. The maximum Gasteiger partial charge on any atom is 0.305 e. The fraction of sp³-hybridized carbons (Fsp3) is 0.474. The number of carbonyl (C=O) groups excluding carboxylic acids is 7. The number of amides is 7. The van der Waals surface area contributed by atoms with Crippen LogP contribution in [0.3, 0.4) is 0 Å². The summed E-state index contributed by atoms with van der Waals surface area (Å²) in [6.07, 6.45) is -1.03. The van der Waals surface area contributed by atoms with Crippen molar-refractivity contribution >= 4 is 47.3 Å². The van der Waals surface area contributed by atoms with E-state index in [2.05, 4.69) is 31.9 Å². The van der Waals surface area contributed by atoms with E-state index in [1.165, 1.54) is 32.9 Å². The summed E-state index contributed by atoms with van der Waals surface area (Å²) in [5, 5.41) is 44.2. The van der Waals surface area contributed by atoms with Crippen molar-refractivity contribution in [3.05, 3.63) is 65.7 Å². The van der Waals surface area contributed by atoms with Crippen LogP contribution in [0.4, 0.5) is 0 Å². The Labute approximate surface area is 330 Å². The highest BCUT2D eigenvalue weighted by Crippen LogP contribution is 2.20. The van der Waals surface area contributed by atoms with Crippen molar-refractivity contribution in [1.82, 2.24) is 31.9 Å². The fourth-order valence-electron chi connectivity index (χ4n) is 5.53. The van der Waals surface area contributed by atoms with Gasteiger partial charge >= 0.3 is 5.97 Å². The summed E-state index contributed by atoms with van der Waals surface area (Å²) in [6, 6.07) is 7.65. The van der Waals surface area contributed by atoms with E-state index < -0.39 is 114 Å². The van der Waals surface area contributed by atoms with Gasteiger partial charge in [0.2, 0.25) is 41.4 Å². The van der Waals surface area contributed by atoms with Gasteiger partial charge in [0, 0.05) is 6.42 Å². The molecule has 7 amide bonds. The summed E-state index contributed by atoms with van der Waals surface area (Å²) in [5.41, 5.74) is 10.2. The predicted molar refractivity (Wildman–Crippen MR) is 205 cm³/mol. The smallest absolute Gasteiger partial charge is 0.305 e. The molecule has 0 aliphatic rings. The molecule has 0 saturated carbocycles. The number of aliphatic carboxylic acids is 1. The Morgan fingerprint density at radius 3 is 1.81 bits per heavy atom. The van der Waals surface area contributed by atoms with Gasteiger partial charge in [-0.3, -0.25) is 38.4 Å². The monoisotopic (exact) mass is 798 g/mol. The van der Waals surface area contributed by atoms with Gasteiger partial charge in [-0.05, 0) is 48.4 Å². The van der Waals surface area contributed by atoms with Crippen molar-refractivity contribution < 1.29 is 53.7 Å². The van der Waals surface area contributed by atoms with Crippen molar-refractivity contribution in [1.29, 1.82) is 0 Å². The molecular weight excluding hydrogens is 744 g/mol. The first-order chi connectivity index (χ1) is 26.7. The van der Waals surface area contributed by atoms with Gasteiger partial charge in [-0.1, -0.05) is 70.2 Å². The molecule has 0 radical (unpaired) electrons. The third kappa shape index (κ3) is 14.5. The zero-order chi connectivity index (χ0) is 43.0. The lowest BCUT2D eigenvalue weighted by molar-refractivity contribution is -0.144. The number of benzene rings is 2. The number of carboxylic acid groups (broad SMARTS) is 1. The van der Waals surface area contributed by atoms with E-state index in [1.807, 2.05) is 0 Å². The van der Waals surface area contributed by atoms with Gasteiger partial charge in [-0.2, -0.15) is 0 Å². The minimum Gasteiger partial charge on any atom is -0.508 e. The van der Waals surface area contributed by atoms with Gasteiger partial charge in [0.15, 0.2) is 0 Å². The lowest BCUT2D eigenvalue weighted by atomic mass is 9.84. The molecule has 0 heterocycles. The first-order valence-corrected chi connectivity index (χ1v) is 18.2. The van der Waals surface area contributed by atoms with Crippen LogP contribution in [0.25, 0.3) is 0 Å². The Kier molecular flexibility index (Phi) is 18.1. The maximum absolute atomic E-state index is 13.8. The number of hydrogen-bond acceptors (Lipinski definition) is 11. The Hall–Kier alpha value is -6.08. The standard InChI is InChI=1S/C38H54N8O11/c1-20(2)31(36(56)41-18-29(40)49)45-37(57)38(19-47,21(3)4)46-35(55)28(17-30(50)51)44-34(54)27(16-23-9-7-6-8-10-23)43-32(52)22(5)42-33(53)26(39)15-24-11-13-25(48)14-12-24/h6-14,20-22,26-28,31,47-48H,15-19,39H2,1-5H3,(H2,40,49)(H,41,56)(H,42,53)(H,43,52)(H,44,54)(H,45,57)(H,46,55)(H,50,51)/t22-,26+,27+,28+,31+,38-/m1/s1. The lowest BCUT2D eigenvalue weighted by Crippen LogP contribution is -2.69. The van der Waals surface area contributed by atoms with Gasteiger partial charge in [0.1, 0.15) is 35.5 Å². The highest BCUT2D eigenvalue weighted by molar-refractivity contribution is 5.99. The number of carboxylic acids is 1. The van der Waals surface area contributed by atoms with Crippen LogP contribution in [0, 0.1) is 11.8 Å². The largest absolute Gasteiger partial charge is 0.508 e. The van der Waals surface area contributed by atoms with E-state index in [0.29, 0.717) is 11.1 Å². The lowest BCUT2D eigenvalue weighted by Gasteiger charge is -2.38. The fourth-order valence-corrected chi connectivity index (χ4v) is 5.53. The summed E-state index contributed by atoms with van der Waals surface area (Å²) in [4.78, 5) is 104. The molecule has 19 heteroatoms. The summed E-state index contributed by atoms with van der Waals surface area (Å²) in [5.74, 6) is -9.20. The minimum absolute atomic E-state index is 0.0327. The number of phenols is 1. The molecular formula is C38H54N8O11. The SMILES string of the molecule is CC(C)[C@H](NC(=O)[C@](CO)(NC(=O)[C@H](CC(=O)O)NC(=O)[C@H](Cc1ccccc1)NC(=O)[C@@H](C)NC(=O)[C@@H](N)Cc1ccc(O)cc1)C(C)C)C(=O)NCC(N)=O. The molecule has 6 atom stereocenters. The normalized spacial score (nSPS) is 14.8. The first kappa shape index (κ1) is 47.1. The van der Waals surface area contributed by atoms with Crippen molar-refractivity contribution in [3.8, 4) is 5.75 Å². The number of aliphatic hydroxyl groups excluding tert-OH is 1. The van der Waals surface area contributed by atoms with E-state index in [4.69, 9.17) is 11.5 Å². The average Bonchev–Trinajstić information content (AvgIpc) is 3.14. The quantitative estimate of drug-likeness (QED) is 0.0599. The number of carbonyl (C=O) groups is 8. The number of hydrogen-bond donors (Lipinski definition) is 11. The molecule has 13 N–H and O–H groups in total. The summed E-state index contributed by atoms with van der Waals surface area (Å²) >= 11 is 0. The topological polar surface area (TPSA) is 321 Å². The van der Waals surface area contributed by atoms with Crippen LogP contribution in [0.1, 0.15) is 52.2 Å². The molecule has 0 unspecified atom stereocenters. The molecule has 0 bridgehead atoms. The van der Waals surface area contributed by atoms with Crippen LogP contribution in [0.5, 0.6) is 5.75 Å². The van der Waals surface area contributed by atoms with Crippen LogP contribution >= 0.6 is 0 Å². The van der Waals surface area contributed by atoms with E-state index in [0.717, 1.165) is 0 Å². The second kappa shape index (κ2) is 21.9. The molecule has 0 aromatic heterocycles. The van der Waals surface area contributed by atoms with Gasteiger partial charge in [0.25, 0.3) is 0 Å². The van der Waals surface area contributed by atoms with Crippen LogP contribution in [-0.2, 0) is 51.2 Å². The molecule has 0 aliphatic heterocycles. The molecule has 312 valence electrons. The molecule has 0 spiro atoms. The highest BCUT2D eigenvalue weighted by atomic mass is 16.4. The molecule has 0 fully saturated rings. The van der Waals surface area contributed by atoms with Gasteiger partial charge in [-0.25, -0.2) is 0 Å². The zero-order valence-electron chi connectivity index (χ0n) is 32.5. The Morgan fingerprint density at radius 1 is 0.702 bits per heavy atom. The second-order valence-electron chi connectivity index (χ2n) is 14.3.